The van der Waals surface area contributed by atoms with Gasteiger partial charge < -0.3 is 20.1 Å². The Morgan fingerprint density at radius 3 is 2.60 bits per heavy atom. The van der Waals surface area contributed by atoms with Crippen molar-refractivity contribution in [1.82, 2.24) is 4.57 Å². The number of nitrogens with one attached hydrogen (secondary N) is 1. The van der Waals surface area contributed by atoms with Crippen LogP contribution in [0.4, 0.5) is 10.1 Å². The van der Waals surface area contributed by atoms with Crippen molar-refractivity contribution in [2.24, 2.45) is 0 Å². The molecule has 0 saturated heterocycles. The Bertz CT molecular complexity index is 1090. The number of carbonyl (C=O) groups excluding carboxylic acids is 1. The van der Waals surface area contributed by atoms with E-state index in [1.807, 2.05) is 0 Å². The number of carbonyl (C=O) groups is 1. The Labute approximate surface area is 140 Å². The number of hydrogen-bond donors (Lipinski definition) is 3. The molecule has 1 aromatic heterocycles. The number of nitrogens with zero attached hydrogens (tertiary/aromatic N) is 1. The molecule has 0 unspecified atom stereocenters. The van der Waals surface area contributed by atoms with Crippen LogP contribution >= 0.6 is 0 Å². The minimum atomic E-state index is -0.795. The highest BCUT2D eigenvalue weighted by molar-refractivity contribution is 6.09. The summed E-state index contributed by atoms with van der Waals surface area (Å²) in [6, 6.07) is 8.13. The lowest BCUT2D eigenvalue weighted by atomic mass is 10.1. The molecule has 2 heterocycles. The van der Waals surface area contributed by atoms with Gasteiger partial charge in [-0.25, -0.2) is 4.39 Å². The molecule has 0 atom stereocenters. The molecule has 0 fully saturated rings. The SMILES string of the molecule is O=C(Nc1ccc(O)cc1)c1c(O)c2cc(F)cc3c2n(c1=O)CC3. The summed E-state index contributed by atoms with van der Waals surface area (Å²) in [4.78, 5) is 25.2. The Morgan fingerprint density at radius 1 is 1.16 bits per heavy atom. The number of benzene rings is 2. The summed E-state index contributed by atoms with van der Waals surface area (Å²) in [5.41, 5.74) is 0.395. The van der Waals surface area contributed by atoms with Crippen molar-refractivity contribution < 1.29 is 19.4 Å². The van der Waals surface area contributed by atoms with Crippen LogP contribution in [-0.2, 0) is 13.0 Å². The summed E-state index contributed by atoms with van der Waals surface area (Å²) >= 11 is 0. The van der Waals surface area contributed by atoms with E-state index in [2.05, 4.69) is 5.32 Å². The highest BCUT2D eigenvalue weighted by Crippen LogP contribution is 2.33. The van der Waals surface area contributed by atoms with Crippen molar-refractivity contribution in [3.8, 4) is 11.5 Å². The molecule has 7 heteroatoms. The van der Waals surface area contributed by atoms with Gasteiger partial charge in [0.1, 0.15) is 22.9 Å². The Morgan fingerprint density at radius 2 is 1.88 bits per heavy atom. The van der Waals surface area contributed by atoms with Crippen LogP contribution in [0.15, 0.2) is 41.2 Å². The summed E-state index contributed by atoms with van der Waals surface area (Å²) < 4.78 is 15.2. The summed E-state index contributed by atoms with van der Waals surface area (Å²) in [6.07, 6.45) is 0.464. The number of aromatic nitrogens is 1. The molecule has 126 valence electrons. The monoisotopic (exact) mass is 340 g/mol. The number of aryl methyl sites for hydroxylation is 2. The standard InChI is InChI=1S/C18H13FN2O4/c19-10-7-9-5-6-21-15(9)13(8-10)16(23)14(18(21)25)17(24)20-11-1-3-12(22)4-2-11/h1-4,7-8,22-23H,5-6H2,(H,20,24). The molecule has 2 aromatic carbocycles. The Hall–Kier alpha value is -3.35. The number of pyridine rings is 1. The molecule has 1 aliphatic rings. The Balaban J connectivity index is 1.87. The fourth-order valence-corrected chi connectivity index (χ4v) is 3.21. The fourth-order valence-electron chi connectivity index (χ4n) is 3.21. The van der Waals surface area contributed by atoms with E-state index >= 15 is 0 Å². The number of phenols is 1. The normalized spacial score (nSPS) is 12.5. The van der Waals surface area contributed by atoms with E-state index in [4.69, 9.17) is 0 Å². The van der Waals surface area contributed by atoms with Gasteiger partial charge in [0, 0.05) is 17.6 Å². The molecule has 0 spiro atoms. The van der Waals surface area contributed by atoms with Crippen LogP contribution in [-0.4, -0.2) is 20.7 Å². The quantitative estimate of drug-likeness (QED) is 0.625. The zero-order valence-corrected chi connectivity index (χ0v) is 12.9. The number of rotatable bonds is 2. The van der Waals surface area contributed by atoms with E-state index in [0.717, 1.165) is 6.07 Å². The molecule has 0 saturated carbocycles. The van der Waals surface area contributed by atoms with Crippen LogP contribution in [0, 0.1) is 5.82 Å². The van der Waals surface area contributed by atoms with E-state index in [-0.39, 0.29) is 11.1 Å². The topological polar surface area (TPSA) is 91.6 Å². The first-order chi connectivity index (χ1) is 12.0. The van der Waals surface area contributed by atoms with Crippen LogP contribution in [0.1, 0.15) is 15.9 Å². The van der Waals surface area contributed by atoms with Gasteiger partial charge in [-0.15, -0.1) is 0 Å². The fraction of sp³-hybridized carbons (Fsp3) is 0.111. The van der Waals surface area contributed by atoms with E-state index in [9.17, 15) is 24.2 Å². The first-order valence-corrected chi connectivity index (χ1v) is 7.64. The highest BCUT2D eigenvalue weighted by atomic mass is 19.1. The molecule has 3 aromatic rings. The zero-order chi connectivity index (χ0) is 17.7. The van der Waals surface area contributed by atoms with Gasteiger partial charge in [-0.2, -0.15) is 0 Å². The van der Waals surface area contributed by atoms with Crippen LogP contribution in [0.3, 0.4) is 0 Å². The number of hydrogen-bond acceptors (Lipinski definition) is 4. The van der Waals surface area contributed by atoms with E-state index in [1.54, 1.807) is 0 Å². The van der Waals surface area contributed by atoms with Crippen molar-refractivity contribution >= 4 is 22.5 Å². The number of aromatic hydroxyl groups is 2. The van der Waals surface area contributed by atoms with Crippen LogP contribution in [0.5, 0.6) is 11.5 Å². The maximum absolute atomic E-state index is 13.8. The predicted octanol–water partition coefficient (Wildman–Crippen LogP) is 2.36. The number of phenolic OH excluding ortho intramolecular Hbond substituents is 1. The van der Waals surface area contributed by atoms with E-state index in [0.29, 0.717) is 29.7 Å². The second-order valence-corrected chi connectivity index (χ2v) is 5.89. The van der Waals surface area contributed by atoms with Crippen molar-refractivity contribution in [2.75, 3.05) is 5.32 Å². The second-order valence-electron chi connectivity index (χ2n) is 5.89. The van der Waals surface area contributed by atoms with E-state index in [1.165, 1.54) is 34.9 Å². The number of amides is 1. The minimum absolute atomic E-state index is 0.0304. The van der Waals surface area contributed by atoms with Gasteiger partial charge in [0.2, 0.25) is 0 Å². The molecule has 0 aliphatic carbocycles. The van der Waals surface area contributed by atoms with Crippen molar-refractivity contribution in [2.45, 2.75) is 13.0 Å². The smallest absolute Gasteiger partial charge is 0.267 e. The molecule has 6 nitrogen and oxygen atoms in total. The third-order valence-electron chi connectivity index (χ3n) is 4.33. The maximum Gasteiger partial charge on any atom is 0.267 e. The number of anilines is 1. The van der Waals surface area contributed by atoms with Gasteiger partial charge in [0.25, 0.3) is 11.5 Å². The first-order valence-electron chi connectivity index (χ1n) is 7.64. The lowest BCUT2D eigenvalue weighted by molar-refractivity contribution is 0.102. The molecule has 4 rings (SSSR count). The van der Waals surface area contributed by atoms with Gasteiger partial charge in [-0.3, -0.25) is 9.59 Å². The van der Waals surface area contributed by atoms with Crippen LogP contribution in [0.25, 0.3) is 10.9 Å². The molecular weight excluding hydrogens is 327 g/mol. The van der Waals surface area contributed by atoms with Gasteiger partial charge in [0.05, 0.1) is 5.52 Å². The zero-order valence-electron chi connectivity index (χ0n) is 12.9. The van der Waals surface area contributed by atoms with E-state index < -0.39 is 28.6 Å². The van der Waals surface area contributed by atoms with Gasteiger partial charge in [-0.05, 0) is 48.4 Å². The molecular formula is C18H13FN2O4. The third-order valence-corrected chi connectivity index (χ3v) is 4.33. The number of halogens is 1. The summed E-state index contributed by atoms with van der Waals surface area (Å²) in [5, 5.41) is 22.4. The molecule has 3 N–H and O–H groups in total. The summed E-state index contributed by atoms with van der Waals surface area (Å²) in [5.74, 6) is -1.83. The summed E-state index contributed by atoms with van der Waals surface area (Å²) in [7, 11) is 0. The lowest BCUT2D eigenvalue weighted by Gasteiger charge is -2.12. The van der Waals surface area contributed by atoms with Crippen molar-refractivity contribution in [3.05, 3.63) is 63.7 Å². The first kappa shape index (κ1) is 15.2. The van der Waals surface area contributed by atoms with Gasteiger partial charge >= 0.3 is 0 Å². The molecule has 0 radical (unpaired) electrons. The minimum Gasteiger partial charge on any atom is -0.508 e. The average Bonchev–Trinajstić information content (AvgIpc) is 2.99. The predicted molar refractivity (Wildman–Crippen MR) is 89.6 cm³/mol. The molecule has 0 bridgehead atoms. The van der Waals surface area contributed by atoms with Gasteiger partial charge in [-0.1, -0.05) is 0 Å². The maximum atomic E-state index is 13.8. The lowest BCUT2D eigenvalue weighted by Crippen LogP contribution is -2.28. The molecule has 1 aliphatic heterocycles. The third kappa shape index (κ3) is 2.32. The van der Waals surface area contributed by atoms with Crippen LogP contribution in [0.2, 0.25) is 0 Å². The molecule has 25 heavy (non-hydrogen) atoms. The van der Waals surface area contributed by atoms with Crippen LogP contribution < -0.4 is 10.9 Å². The Kier molecular flexibility index (Phi) is 3.24. The summed E-state index contributed by atoms with van der Waals surface area (Å²) in [6.45, 7) is 0.327. The highest BCUT2D eigenvalue weighted by Gasteiger charge is 2.26. The van der Waals surface area contributed by atoms with Crippen molar-refractivity contribution in [1.29, 1.82) is 0 Å². The average molecular weight is 340 g/mol. The van der Waals surface area contributed by atoms with Crippen molar-refractivity contribution in [3.63, 3.8) is 0 Å². The van der Waals surface area contributed by atoms with Gasteiger partial charge in [0.15, 0.2) is 0 Å². The molecule has 1 amide bonds. The second kappa shape index (κ2) is 5.34. The largest absolute Gasteiger partial charge is 0.508 e.